The zero-order chi connectivity index (χ0) is 22.5. The van der Waals surface area contributed by atoms with Crippen molar-refractivity contribution >= 4 is 36.0 Å². The predicted molar refractivity (Wildman–Crippen MR) is 122 cm³/mol. The van der Waals surface area contributed by atoms with Crippen LogP contribution in [0.3, 0.4) is 0 Å². The van der Waals surface area contributed by atoms with E-state index in [4.69, 9.17) is 9.99 Å². The summed E-state index contributed by atoms with van der Waals surface area (Å²) < 4.78 is 5.34. The first-order valence-corrected chi connectivity index (χ1v) is 11.2. The van der Waals surface area contributed by atoms with E-state index in [1.54, 1.807) is 24.8 Å². The Bertz CT molecular complexity index is 983. The van der Waals surface area contributed by atoms with Crippen LogP contribution in [0, 0.1) is 6.92 Å². The van der Waals surface area contributed by atoms with E-state index in [9.17, 15) is 9.59 Å². The SMILES string of the molecule is CSc1ccc(COC(=O)CNC(=O)c2ccc3c(c2C)B(OO)C3)cc1CN(C)C. The standard InChI is InChI=1S/C22H27BN2O5S/c1-14-18(7-6-16-10-23(30-28)21(14)16)22(27)24-11-20(26)29-13-15-5-8-19(31-4)17(9-15)12-25(2)3/h5-9,28H,10-13H2,1-4H3,(H,24,27). The van der Waals surface area contributed by atoms with Gasteiger partial charge in [0.05, 0.1) is 0 Å². The zero-order valence-electron chi connectivity index (χ0n) is 18.2. The van der Waals surface area contributed by atoms with E-state index in [1.165, 1.54) is 10.5 Å². The van der Waals surface area contributed by atoms with Crippen LogP contribution < -0.4 is 10.8 Å². The van der Waals surface area contributed by atoms with E-state index in [2.05, 4.69) is 15.0 Å². The Balaban J connectivity index is 1.54. The molecule has 0 aromatic heterocycles. The van der Waals surface area contributed by atoms with Crippen LogP contribution in [-0.2, 0) is 33.8 Å². The van der Waals surface area contributed by atoms with Gasteiger partial charge in [-0.3, -0.25) is 14.8 Å². The average Bonchev–Trinajstić information content (AvgIpc) is 2.71. The molecule has 0 spiro atoms. The lowest BCUT2D eigenvalue weighted by molar-refractivity contribution is -0.143. The molecule has 31 heavy (non-hydrogen) atoms. The van der Waals surface area contributed by atoms with Gasteiger partial charge in [-0.2, -0.15) is 0 Å². The van der Waals surface area contributed by atoms with Crippen molar-refractivity contribution < 1.29 is 24.4 Å². The summed E-state index contributed by atoms with van der Waals surface area (Å²) in [5.74, 6) is -0.868. The van der Waals surface area contributed by atoms with E-state index in [-0.39, 0.29) is 19.1 Å². The van der Waals surface area contributed by atoms with E-state index in [1.807, 2.05) is 44.6 Å². The third kappa shape index (κ3) is 5.48. The van der Waals surface area contributed by atoms with Crippen molar-refractivity contribution in [1.29, 1.82) is 0 Å². The second-order valence-corrected chi connectivity index (χ2v) is 8.68. The molecule has 2 aromatic carbocycles. The maximum atomic E-state index is 12.5. The molecule has 0 atom stereocenters. The molecule has 3 rings (SSSR count). The molecule has 0 saturated carbocycles. The first-order chi connectivity index (χ1) is 14.8. The number of ether oxygens (including phenoxy) is 1. The molecule has 0 bridgehead atoms. The number of hydrogen-bond donors (Lipinski definition) is 2. The minimum Gasteiger partial charge on any atom is -0.460 e. The first-order valence-electron chi connectivity index (χ1n) is 10.0. The number of rotatable bonds is 9. The lowest BCUT2D eigenvalue weighted by atomic mass is 9.44. The summed E-state index contributed by atoms with van der Waals surface area (Å²) in [4.78, 5) is 32.4. The first kappa shape index (κ1) is 23.3. The third-order valence-electron chi connectivity index (χ3n) is 5.33. The number of nitrogens with one attached hydrogen (secondary N) is 1. The molecule has 164 valence electrons. The maximum absolute atomic E-state index is 12.5. The van der Waals surface area contributed by atoms with Crippen LogP contribution in [0.25, 0.3) is 0 Å². The van der Waals surface area contributed by atoms with Gasteiger partial charge in [-0.1, -0.05) is 17.7 Å². The van der Waals surface area contributed by atoms with Crippen LogP contribution in [0.4, 0.5) is 0 Å². The summed E-state index contributed by atoms with van der Waals surface area (Å²) in [7, 11) is 4.02. The van der Waals surface area contributed by atoms with Gasteiger partial charge in [-0.25, -0.2) is 0 Å². The van der Waals surface area contributed by atoms with E-state index in [0.29, 0.717) is 11.9 Å². The summed E-state index contributed by atoms with van der Waals surface area (Å²) >= 11 is 1.68. The van der Waals surface area contributed by atoms with Crippen LogP contribution in [-0.4, -0.2) is 55.8 Å². The normalized spacial score (nSPS) is 12.4. The molecule has 2 N–H and O–H groups in total. The van der Waals surface area contributed by atoms with Gasteiger partial charge in [0.1, 0.15) is 13.2 Å². The Morgan fingerprint density at radius 2 is 2.03 bits per heavy atom. The number of benzene rings is 2. The zero-order valence-corrected chi connectivity index (χ0v) is 19.0. The number of nitrogens with zero attached hydrogens (tertiary/aromatic N) is 1. The number of carbonyl (C=O) groups is 2. The number of thioether (sulfide) groups is 1. The smallest absolute Gasteiger partial charge is 0.377 e. The predicted octanol–water partition coefficient (Wildman–Crippen LogP) is 2.04. The van der Waals surface area contributed by atoms with Crippen molar-refractivity contribution in [2.45, 2.75) is 31.3 Å². The quantitative estimate of drug-likeness (QED) is 0.202. The molecule has 1 amide bonds. The lowest BCUT2D eigenvalue weighted by Gasteiger charge is -2.27. The molecule has 0 fully saturated rings. The summed E-state index contributed by atoms with van der Waals surface area (Å²) in [6, 6.07) is 9.59. The van der Waals surface area contributed by atoms with Crippen LogP contribution >= 0.6 is 11.8 Å². The minimum absolute atomic E-state index is 0.150. The van der Waals surface area contributed by atoms with Gasteiger partial charge < -0.3 is 19.8 Å². The van der Waals surface area contributed by atoms with Gasteiger partial charge in [0.15, 0.2) is 0 Å². The molecule has 0 aliphatic carbocycles. The van der Waals surface area contributed by atoms with E-state index >= 15 is 0 Å². The summed E-state index contributed by atoms with van der Waals surface area (Å²) in [5.41, 5.74) is 5.17. The molecule has 0 saturated heterocycles. The Morgan fingerprint density at radius 1 is 1.26 bits per heavy atom. The lowest BCUT2D eigenvalue weighted by Crippen LogP contribution is -2.50. The van der Waals surface area contributed by atoms with Crippen molar-refractivity contribution in [1.82, 2.24) is 10.2 Å². The number of carbonyl (C=O) groups excluding carboxylic acids is 2. The van der Waals surface area contributed by atoms with Crippen molar-refractivity contribution in [2.75, 3.05) is 26.9 Å². The fraction of sp³-hybridized carbons (Fsp3) is 0.364. The minimum atomic E-state index is -0.505. The van der Waals surface area contributed by atoms with Crippen LogP contribution in [0.15, 0.2) is 35.2 Å². The molecule has 2 aromatic rings. The largest absolute Gasteiger partial charge is 0.460 e. The van der Waals surface area contributed by atoms with Crippen LogP contribution in [0.5, 0.6) is 0 Å². The van der Waals surface area contributed by atoms with E-state index < -0.39 is 12.9 Å². The van der Waals surface area contributed by atoms with Crippen LogP contribution in [0.1, 0.15) is 32.6 Å². The molecular formula is C22H27BN2O5S. The average molecular weight is 442 g/mol. The molecule has 1 aliphatic heterocycles. The Kier molecular flexibility index (Phi) is 7.77. The topological polar surface area (TPSA) is 88.1 Å². The van der Waals surface area contributed by atoms with Gasteiger partial charge in [0, 0.05) is 17.0 Å². The number of hydrogen-bond acceptors (Lipinski definition) is 7. The highest BCUT2D eigenvalue weighted by molar-refractivity contribution is 7.98. The molecule has 9 heteroatoms. The van der Waals surface area contributed by atoms with Gasteiger partial charge in [-0.15, -0.1) is 11.8 Å². The second kappa shape index (κ2) is 10.3. The monoisotopic (exact) mass is 442 g/mol. The Morgan fingerprint density at radius 3 is 2.71 bits per heavy atom. The van der Waals surface area contributed by atoms with Crippen LogP contribution in [0.2, 0.25) is 0 Å². The Labute approximate surface area is 187 Å². The van der Waals surface area contributed by atoms with Gasteiger partial charge in [0.25, 0.3) is 5.91 Å². The van der Waals surface area contributed by atoms with Crippen molar-refractivity contribution in [3.8, 4) is 0 Å². The van der Waals surface area contributed by atoms with Gasteiger partial charge >= 0.3 is 12.9 Å². The maximum Gasteiger partial charge on any atom is 0.377 e. The summed E-state index contributed by atoms with van der Waals surface area (Å²) in [6.07, 6.45) is 2.66. The fourth-order valence-corrected chi connectivity index (χ4v) is 4.36. The Hall–Kier alpha value is -2.33. The summed E-state index contributed by atoms with van der Waals surface area (Å²) in [6.45, 7) is 2.14. The fourth-order valence-electron chi connectivity index (χ4n) is 3.77. The van der Waals surface area contributed by atoms with E-state index in [0.717, 1.165) is 28.7 Å². The highest BCUT2D eigenvalue weighted by Crippen LogP contribution is 2.23. The third-order valence-corrected chi connectivity index (χ3v) is 6.17. The van der Waals surface area contributed by atoms with Crippen molar-refractivity contribution in [3.63, 3.8) is 0 Å². The molecule has 1 aliphatic rings. The molecule has 1 heterocycles. The molecule has 0 radical (unpaired) electrons. The van der Waals surface area contributed by atoms with Gasteiger partial charge in [-0.05, 0) is 73.9 Å². The molecular weight excluding hydrogens is 415 g/mol. The number of esters is 1. The summed E-state index contributed by atoms with van der Waals surface area (Å²) in [5, 5.41) is 11.5. The molecule has 7 nitrogen and oxygen atoms in total. The van der Waals surface area contributed by atoms with Gasteiger partial charge in [0.2, 0.25) is 0 Å². The molecule has 0 unspecified atom stereocenters. The number of fused-ring (bicyclic) bond motifs is 1. The second-order valence-electron chi connectivity index (χ2n) is 7.84. The number of amides is 1. The van der Waals surface area contributed by atoms with Crippen molar-refractivity contribution in [2.24, 2.45) is 0 Å². The van der Waals surface area contributed by atoms with Crippen molar-refractivity contribution in [3.05, 3.63) is 58.1 Å². The highest BCUT2D eigenvalue weighted by atomic mass is 32.2. The highest BCUT2D eigenvalue weighted by Gasteiger charge is 2.36.